The summed E-state index contributed by atoms with van der Waals surface area (Å²) in [5.74, 6) is -0.406. The molecule has 1 aromatic rings. The molecule has 2 atom stereocenters. The van der Waals surface area contributed by atoms with Gasteiger partial charge in [-0.15, -0.1) is 0 Å². The maximum absolute atomic E-state index is 12.7. The van der Waals surface area contributed by atoms with Crippen LogP contribution in [0.25, 0.3) is 0 Å². The van der Waals surface area contributed by atoms with E-state index < -0.39 is 11.6 Å². The number of aromatic nitrogens is 1. The zero-order valence-electron chi connectivity index (χ0n) is 12.0. The van der Waals surface area contributed by atoms with Gasteiger partial charge in [0.15, 0.2) is 5.78 Å². The van der Waals surface area contributed by atoms with E-state index in [1.54, 1.807) is 18.3 Å². The molecule has 1 aliphatic heterocycles. The number of H-pyrrole nitrogens is 1. The van der Waals surface area contributed by atoms with Crippen LogP contribution in [0.2, 0.25) is 0 Å². The summed E-state index contributed by atoms with van der Waals surface area (Å²) in [5.41, 5.74) is -0.390. The van der Waals surface area contributed by atoms with Gasteiger partial charge in [0, 0.05) is 6.20 Å². The molecule has 1 aromatic heterocycles. The molecule has 2 heterocycles. The quantitative estimate of drug-likeness (QED) is 0.656. The summed E-state index contributed by atoms with van der Waals surface area (Å²) in [5, 5.41) is 2.84. The first kappa shape index (κ1) is 13.9. The topological polar surface area (TPSA) is 82.3 Å². The highest BCUT2D eigenvalue weighted by molar-refractivity contribution is 6.11. The molecule has 1 saturated heterocycles. The number of aromatic amines is 1. The molecule has 3 rings (SSSR count). The molecule has 6 nitrogen and oxygen atoms in total. The normalized spacial score (nSPS) is 29.0. The number of hydrogen-bond acceptors (Lipinski definition) is 3. The van der Waals surface area contributed by atoms with Crippen LogP contribution < -0.4 is 5.32 Å². The van der Waals surface area contributed by atoms with Crippen LogP contribution in [0.5, 0.6) is 0 Å². The molecule has 2 aliphatic rings. The van der Waals surface area contributed by atoms with Crippen molar-refractivity contribution in [3.63, 3.8) is 0 Å². The van der Waals surface area contributed by atoms with Crippen LogP contribution in [0.15, 0.2) is 18.3 Å². The van der Waals surface area contributed by atoms with E-state index in [0.717, 1.165) is 24.2 Å². The third-order valence-corrected chi connectivity index (χ3v) is 4.70. The van der Waals surface area contributed by atoms with Gasteiger partial charge in [0.05, 0.1) is 12.2 Å². The number of ketones is 1. The molecule has 1 saturated carbocycles. The molecule has 21 heavy (non-hydrogen) atoms. The Morgan fingerprint density at radius 1 is 1.43 bits per heavy atom. The van der Waals surface area contributed by atoms with E-state index in [4.69, 9.17) is 0 Å². The summed E-state index contributed by atoms with van der Waals surface area (Å²) in [4.78, 5) is 40.8. The van der Waals surface area contributed by atoms with Gasteiger partial charge in [-0.2, -0.15) is 0 Å². The number of carbonyl (C=O) groups is 3. The minimum absolute atomic E-state index is 0.105. The highest BCUT2D eigenvalue weighted by atomic mass is 16.2. The number of nitrogens with one attached hydrogen (secondary N) is 2. The summed E-state index contributed by atoms with van der Waals surface area (Å²) in [7, 11) is 0. The van der Waals surface area contributed by atoms with Crippen molar-refractivity contribution in [1.29, 1.82) is 0 Å². The van der Waals surface area contributed by atoms with Gasteiger partial charge in [0.1, 0.15) is 5.54 Å². The number of nitrogens with zero attached hydrogens (tertiary/aromatic N) is 1. The molecule has 6 heteroatoms. The summed E-state index contributed by atoms with van der Waals surface area (Å²) in [6, 6.07) is 2.90. The highest BCUT2D eigenvalue weighted by Gasteiger charge is 2.55. The zero-order valence-corrected chi connectivity index (χ0v) is 12.0. The first-order valence-corrected chi connectivity index (χ1v) is 7.35. The van der Waals surface area contributed by atoms with Gasteiger partial charge in [-0.1, -0.05) is 19.8 Å². The smallest absolute Gasteiger partial charge is 0.325 e. The molecule has 112 valence electrons. The summed E-state index contributed by atoms with van der Waals surface area (Å²) in [6.07, 6.45) is 5.22. The second-order valence-electron chi connectivity index (χ2n) is 5.95. The molecule has 0 bridgehead atoms. The monoisotopic (exact) mass is 289 g/mol. The van der Waals surface area contributed by atoms with Crippen molar-refractivity contribution in [2.24, 2.45) is 5.92 Å². The number of carbonyl (C=O) groups excluding carboxylic acids is 3. The maximum atomic E-state index is 12.7. The molecule has 1 spiro atoms. The average molecular weight is 289 g/mol. The van der Waals surface area contributed by atoms with Crippen molar-refractivity contribution in [3.8, 4) is 0 Å². The lowest BCUT2D eigenvalue weighted by molar-refractivity contribution is -0.133. The molecule has 0 radical (unpaired) electrons. The summed E-state index contributed by atoms with van der Waals surface area (Å²) < 4.78 is 0. The van der Waals surface area contributed by atoms with Gasteiger partial charge in [0.25, 0.3) is 5.91 Å². The molecular formula is C15H19N3O3. The van der Waals surface area contributed by atoms with Crippen molar-refractivity contribution in [2.75, 3.05) is 6.54 Å². The van der Waals surface area contributed by atoms with E-state index in [0.29, 0.717) is 12.1 Å². The van der Waals surface area contributed by atoms with Gasteiger partial charge < -0.3 is 10.3 Å². The number of rotatable bonds is 3. The molecular weight excluding hydrogens is 270 g/mol. The second-order valence-corrected chi connectivity index (χ2v) is 5.95. The average Bonchev–Trinajstić information content (AvgIpc) is 3.06. The van der Waals surface area contributed by atoms with E-state index in [1.165, 1.54) is 0 Å². The van der Waals surface area contributed by atoms with Crippen molar-refractivity contribution in [2.45, 2.75) is 38.1 Å². The Morgan fingerprint density at radius 3 is 2.90 bits per heavy atom. The standard InChI is InChI=1S/C15H19N3O3/c1-10-5-2-3-7-15(10)13(20)18(14(21)17-15)9-12(19)11-6-4-8-16-11/h4,6,8,10,16H,2-3,5,7,9H2,1H3,(H,17,21)/t10-,15+/m0/s1. The largest absolute Gasteiger partial charge is 0.359 e. The minimum atomic E-state index is -0.800. The van der Waals surface area contributed by atoms with Crippen LogP contribution in [0.3, 0.4) is 0 Å². The fourth-order valence-corrected chi connectivity index (χ4v) is 3.37. The van der Waals surface area contributed by atoms with Gasteiger partial charge in [-0.25, -0.2) is 4.79 Å². The molecule has 1 aliphatic carbocycles. The Kier molecular flexibility index (Phi) is 3.31. The maximum Gasteiger partial charge on any atom is 0.325 e. The Hall–Kier alpha value is -2.11. The number of urea groups is 1. The number of amides is 3. The molecule has 2 N–H and O–H groups in total. The first-order chi connectivity index (χ1) is 10.0. The van der Waals surface area contributed by atoms with E-state index in [9.17, 15) is 14.4 Å². The van der Waals surface area contributed by atoms with Crippen molar-refractivity contribution >= 4 is 17.7 Å². The third-order valence-electron chi connectivity index (χ3n) is 4.70. The SMILES string of the molecule is C[C@H]1CCCC[C@@]12NC(=O)N(CC(=O)c1ccc[nH]1)C2=O. The van der Waals surface area contributed by atoms with Gasteiger partial charge >= 0.3 is 6.03 Å². The van der Waals surface area contributed by atoms with E-state index in [-0.39, 0.29) is 24.2 Å². The van der Waals surface area contributed by atoms with Crippen molar-refractivity contribution in [1.82, 2.24) is 15.2 Å². The Bertz CT molecular complexity index is 581. The van der Waals surface area contributed by atoms with Crippen LogP contribution in [0.4, 0.5) is 4.79 Å². The van der Waals surface area contributed by atoms with Crippen molar-refractivity contribution in [3.05, 3.63) is 24.0 Å². The Morgan fingerprint density at radius 2 is 2.24 bits per heavy atom. The lowest BCUT2D eigenvalue weighted by Crippen LogP contribution is -2.54. The number of Topliss-reactive ketones (excluding diaryl/α,β-unsaturated/α-hetero) is 1. The van der Waals surface area contributed by atoms with E-state index >= 15 is 0 Å². The fraction of sp³-hybridized carbons (Fsp3) is 0.533. The molecule has 0 unspecified atom stereocenters. The fourth-order valence-electron chi connectivity index (χ4n) is 3.37. The van der Waals surface area contributed by atoms with Gasteiger partial charge in [-0.05, 0) is 30.9 Å². The van der Waals surface area contributed by atoms with Gasteiger partial charge in [0.2, 0.25) is 0 Å². The van der Waals surface area contributed by atoms with E-state index in [1.807, 2.05) is 6.92 Å². The van der Waals surface area contributed by atoms with Crippen LogP contribution in [-0.2, 0) is 4.79 Å². The van der Waals surface area contributed by atoms with Gasteiger partial charge in [-0.3, -0.25) is 14.5 Å². The summed E-state index contributed by atoms with van der Waals surface area (Å²) >= 11 is 0. The lowest BCUT2D eigenvalue weighted by Gasteiger charge is -2.36. The van der Waals surface area contributed by atoms with Crippen LogP contribution in [-0.4, -0.2) is 39.7 Å². The van der Waals surface area contributed by atoms with Crippen molar-refractivity contribution < 1.29 is 14.4 Å². The van der Waals surface area contributed by atoms with Crippen LogP contribution in [0.1, 0.15) is 43.1 Å². The second kappa shape index (κ2) is 5.02. The number of imide groups is 1. The first-order valence-electron chi connectivity index (χ1n) is 7.35. The van der Waals surface area contributed by atoms with Crippen LogP contribution in [0, 0.1) is 5.92 Å². The Labute approximate surface area is 122 Å². The highest BCUT2D eigenvalue weighted by Crippen LogP contribution is 2.38. The molecule has 0 aromatic carbocycles. The predicted octanol–water partition coefficient (Wildman–Crippen LogP) is 1.70. The van der Waals surface area contributed by atoms with Crippen LogP contribution >= 0.6 is 0 Å². The zero-order chi connectivity index (χ0) is 15.0. The third kappa shape index (κ3) is 2.14. The molecule has 3 amide bonds. The minimum Gasteiger partial charge on any atom is -0.359 e. The van der Waals surface area contributed by atoms with E-state index in [2.05, 4.69) is 10.3 Å². The molecule has 2 fully saturated rings. The predicted molar refractivity (Wildman–Crippen MR) is 75.7 cm³/mol. The summed E-state index contributed by atoms with van der Waals surface area (Å²) in [6.45, 7) is 1.79. The lowest BCUT2D eigenvalue weighted by atomic mass is 9.73. The Balaban J connectivity index is 1.79. The number of hydrogen-bond donors (Lipinski definition) is 2.